The number of rotatable bonds is 1. The van der Waals surface area contributed by atoms with E-state index in [0.717, 1.165) is 17.6 Å². The van der Waals surface area contributed by atoms with E-state index in [1.165, 1.54) is 6.07 Å². The van der Waals surface area contributed by atoms with Gasteiger partial charge in [0.25, 0.3) is 0 Å². The van der Waals surface area contributed by atoms with Gasteiger partial charge in [-0.3, -0.25) is 0 Å². The predicted octanol–water partition coefficient (Wildman–Crippen LogP) is 4.75. The van der Waals surface area contributed by atoms with Gasteiger partial charge in [-0.25, -0.2) is 4.98 Å². The fraction of sp³-hybridized carbons (Fsp3) is 0.111. The van der Waals surface area contributed by atoms with Crippen LogP contribution in [-0.4, -0.2) is 9.36 Å². The molecule has 0 aliphatic carbocycles. The minimum Gasteiger partial charge on any atom is -0.209 e. The van der Waals surface area contributed by atoms with E-state index in [9.17, 15) is 13.2 Å². The van der Waals surface area contributed by atoms with Gasteiger partial charge in [-0.1, -0.05) is 22.0 Å². The van der Waals surface area contributed by atoms with E-state index < -0.39 is 11.7 Å². The van der Waals surface area contributed by atoms with Gasteiger partial charge in [0.05, 0.1) is 5.56 Å². The first-order valence-corrected chi connectivity index (χ1v) is 6.60. The fourth-order valence-corrected chi connectivity index (χ4v) is 2.74. The van der Waals surface area contributed by atoms with Crippen molar-refractivity contribution in [3.05, 3.63) is 33.0 Å². The van der Waals surface area contributed by atoms with E-state index >= 15 is 0 Å². The molecule has 0 radical (unpaired) electrons. The van der Waals surface area contributed by atoms with Gasteiger partial charge in [-0.15, -0.1) is 0 Å². The third kappa shape index (κ3) is 2.86. The van der Waals surface area contributed by atoms with Crippen molar-refractivity contribution in [3.63, 3.8) is 0 Å². The van der Waals surface area contributed by atoms with Crippen LogP contribution in [0.4, 0.5) is 13.2 Å². The Labute approximate surface area is 115 Å². The number of halogens is 5. The highest BCUT2D eigenvalue weighted by atomic mass is 79.9. The summed E-state index contributed by atoms with van der Waals surface area (Å²) < 4.78 is 42.3. The van der Waals surface area contributed by atoms with Crippen LogP contribution in [0.5, 0.6) is 0 Å². The second kappa shape index (κ2) is 4.66. The summed E-state index contributed by atoms with van der Waals surface area (Å²) in [6.07, 6.45) is -4.39. The summed E-state index contributed by atoms with van der Waals surface area (Å²) >= 11 is 6.98. The molecule has 1 aromatic heterocycles. The summed E-state index contributed by atoms with van der Waals surface area (Å²) in [6.45, 7) is 0. The first-order valence-electron chi connectivity index (χ1n) is 4.24. The number of alkyl halides is 3. The van der Waals surface area contributed by atoms with Crippen molar-refractivity contribution in [3.8, 4) is 10.6 Å². The van der Waals surface area contributed by atoms with Crippen LogP contribution in [0.15, 0.2) is 27.4 Å². The Hall–Kier alpha value is -0.470. The van der Waals surface area contributed by atoms with Crippen molar-refractivity contribution < 1.29 is 13.2 Å². The zero-order valence-electron chi connectivity index (χ0n) is 7.92. The van der Waals surface area contributed by atoms with Gasteiger partial charge in [0.15, 0.2) is 0 Å². The third-order valence-corrected chi connectivity index (χ3v) is 3.96. The van der Waals surface area contributed by atoms with E-state index in [1.807, 2.05) is 0 Å². The van der Waals surface area contributed by atoms with Crippen molar-refractivity contribution in [2.45, 2.75) is 6.18 Å². The second-order valence-corrected chi connectivity index (χ2v) is 5.38. The molecule has 17 heavy (non-hydrogen) atoms. The Morgan fingerprint density at radius 2 is 1.88 bits per heavy atom. The van der Waals surface area contributed by atoms with Crippen LogP contribution in [0, 0.1) is 0 Å². The smallest absolute Gasteiger partial charge is 0.209 e. The molecule has 0 atom stereocenters. The molecule has 0 aliphatic heterocycles. The van der Waals surface area contributed by atoms with Crippen LogP contribution in [-0.2, 0) is 6.18 Å². The molecule has 90 valence electrons. The quantitative estimate of drug-likeness (QED) is 0.705. The first kappa shape index (κ1) is 13.0. The van der Waals surface area contributed by atoms with Gasteiger partial charge < -0.3 is 0 Å². The van der Waals surface area contributed by atoms with Crippen LogP contribution >= 0.6 is 43.4 Å². The van der Waals surface area contributed by atoms with Crippen LogP contribution < -0.4 is 0 Å². The summed E-state index contributed by atoms with van der Waals surface area (Å²) in [6, 6.07) is 3.97. The highest BCUT2D eigenvalue weighted by Gasteiger charge is 2.33. The maximum absolute atomic E-state index is 12.7. The SMILES string of the molecule is FC(F)(F)c1cc(-c2nc(Br)ns2)ccc1Br. The molecule has 2 nitrogen and oxygen atoms in total. The minimum absolute atomic E-state index is 0.0114. The van der Waals surface area contributed by atoms with E-state index in [1.54, 1.807) is 6.07 Å². The lowest BCUT2D eigenvalue weighted by Gasteiger charge is -2.09. The Morgan fingerprint density at radius 1 is 1.18 bits per heavy atom. The number of hydrogen-bond acceptors (Lipinski definition) is 3. The van der Waals surface area contributed by atoms with Crippen LogP contribution in [0.3, 0.4) is 0 Å². The van der Waals surface area contributed by atoms with Crippen molar-refractivity contribution in [1.82, 2.24) is 9.36 Å². The van der Waals surface area contributed by atoms with E-state index in [-0.39, 0.29) is 4.47 Å². The monoisotopic (exact) mass is 386 g/mol. The standard InChI is InChI=1S/C9H3Br2F3N2S/c10-6-2-1-4(3-5(6)9(12,13)14)7-15-8(11)16-17-7/h1-3H. The van der Waals surface area contributed by atoms with Gasteiger partial charge in [0.1, 0.15) is 5.01 Å². The molecule has 2 rings (SSSR count). The largest absolute Gasteiger partial charge is 0.417 e. The summed E-state index contributed by atoms with van der Waals surface area (Å²) in [5.41, 5.74) is -0.329. The Balaban J connectivity index is 2.51. The number of nitrogens with zero attached hydrogens (tertiary/aromatic N) is 2. The maximum Gasteiger partial charge on any atom is 0.417 e. The van der Waals surface area contributed by atoms with Gasteiger partial charge in [0, 0.05) is 10.0 Å². The molecular formula is C9H3Br2F3N2S. The lowest BCUT2D eigenvalue weighted by molar-refractivity contribution is -0.138. The molecule has 0 N–H and O–H groups in total. The van der Waals surface area contributed by atoms with Crippen molar-refractivity contribution in [2.24, 2.45) is 0 Å². The van der Waals surface area contributed by atoms with Crippen LogP contribution in [0.2, 0.25) is 0 Å². The molecule has 0 amide bonds. The summed E-state index contributed by atoms with van der Waals surface area (Å²) in [5, 5.41) is 0.440. The molecule has 0 saturated carbocycles. The molecule has 0 saturated heterocycles. The molecule has 0 unspecified atom stereocenters. The molecule has 0 aliphatic rings. The van der Waals surface area contributed by atoms with Gasteiger partial charge in [-0.05, 0) is 39.6 Å². The molecule has 0 fully saturated rings. The fourth-order valence-electron chi connectivity index (χ4n) is 1.20. The lowest BCUT2D eigenvalue weighted by Crippen LogP contribution is -2.06. The Morgan fingerprint density at radius 3 is 2.41 bits per heavy atom. The molecule has 0 spiro atoms. The van der Waals surface area contributed by atoms with Crippen molar-refractivity contribution >= 4 is 43.4 Å². The van der Waals surface area contributed by atoms with Crippen molar-refractivity contribution in [2.75, 3.05) is 0 Å². The Bertz CT molecular complexity index is 553. The van der Waals surface area contributed by atoms with Gasteiger partial charge >= 0.3 is 6.18 Å². The highest BCUT2D eigenvalue weighted by molar-refractivity contribution is 9.10. The van der Waals surface area contributed by atoms with E-state index in [4.69, 9.17) is 0 Å². The van der Waals surface area contributed by atoms with E-state index in [0.29, 0.717) is 15.3 Å². The zero-order valence-corrected chi connectivity index (χ0v) is 11.9. The predicted molar refractivity (Wildman–Crippen MR) is 65.7 cm³/mol. The zero-order chi connectivity index (χ0) is 12.6. The molecule has 1 heterocycles. The summed E-state index contributed by atoms with van der Waals surface area (Å²) in [7, 11) is 0. The lowest BCUT2D eigenvalue weighted by atomic mass is 10.1. The topological polar surface area (TPSA) is 25.8 Å². The van der Waals surface area contributed by atoms with Crippen LogP contribution in [0.1, 0.15) is 5.56 Å². The second-order valence-electron chi connectivity index (χ2n) is 3.06. The van der Waals surface area contributed by atoms with Crippen molar-refractivity contribution in [1.29, 1.82) is 0 Å². The number of aromatic nitrogens is 2. The average molecular weight is 388 g/mol. The van der Waals surface area contributed by atoms with Gasteiger partial charge in [0.2, 0.25) is 4.73 Å². The third-order valence-electron chi connectivity index (χ3n) is 1.92. The molecule has 8 heteroatoms. The maximum atomic E-state index is 12.7. The highest BCUT2D eigenvalue weighted by Crippen LogP contribution is 2.37. The average Bonchev–Trinajstić information content (AvgIpc) is 2.64. The molecule has 0 bridgehead atoms. The Kier molecular flexibility index (Phi) is 3.55. The summed E-state index contributed by atoms with van der Waals surface area (Å²) in [4.78, 5) is 3.98. The van der Waals surface area contributed by atoms with E-state index in [2.05, 4.69) is 41.2 Å². The van der Waals surface area contributed by atoms with Gasteiger partial charge in [-0.2, -0.15) is 17.5 Å². The summed E-state index contributed by atoms with van der Waals surface area (Å²) in [5.74, 6) is 0. The number of benzene rings is 1. The molecule has 2 aromatic rings. The first-order chi connectivity index (χ1) is 7.88. The van der Waals surface area contributed by atoms with Crippen LogP contribution in [0.25, 0.3) is 10.6 Å². The molecular weight excluding hydrogens is 385 g/mol. The molecule has 1 aromatic carbocycles. The number of hydrogen-bond donors (Lipinski definition) is 0. The normalized spacial score (nSPS) is 11.8. The minimum atomic E-state index is -4.39.